The van der Waals surface area contributed by atoms with Crippen LogP contribution in [0.1, 0.15) is 19.4 Å². The SMILES string of the molecule is Cc1cnnc(SC(C)(C)CCl)c1. The molecule has 1 aromatic heterocycles. The maximum atomic E-state index is 5.81. The molecule has 0 aliphatic rings. The number of rotatable bonds is 3. The standard InChI is InChI=1S/C9H13ClN2S/c1-7-4-8(12-11-5-7)13-9(2,3)6-10/h4-5H,6H2,1-3H3. The summed E-state index contributed by atoms with van der Waals surface area (Å²) in [5, 5.41) is 8.85. The van der Waals surface area contributed by atoms with E-state index in [1.807, 2.05) is 13.0 Å². The zero-order chi connectivity index (χ0) is 9.90. The second-order valence-corrected chi connectivity index (χ2v) is 5.56. The van der Waals surface area contributed by atoms with Crippen LogP contribution in [0.15, 0.2) is 17.3 Å². The van der Waals surface area contributed by atoms with Crippen LogP contribution in [0.2, 0.25) is 0 Å². The van der Waals surface area contributed by atoms with E-state index < -0.39 is 0 Å². The van der Waals surface area contributed by atoms with Crippen molar-refractivity contribution in [2.24, 2.45) is 0 Å². The first kappa shape index (κ1) is 10.8. The first-order valence-corrected chi connectivity index (χ1v) is 5.43. The van der Waals surface area contributed by atoms with Gasteiger partial charge in [-0.15, -0.1) is 16.7 Å². The van der Waals surface area contributed by atoms with Crippen molar-refractivity contribution in [3.05, 3.63) is 17.8 Å². The minimum atomic E-state index is 0.0179. The molecule has 4 heteroatoms. The van der Waals surface area contributed by atoms with Crippen LogP contribution in [0.4, 0.5) is 0 Å². The Balaban J connectivity index is 2.74. The molecule has 0 unspecified atom stereocenters. The van der Waals surface area contributed by atoms with Gasteiger partial charge in [-0.05, 0) is 32.4 Å². The van der Waals surface area contributed by atoms with Crippen molar-refractivity contribution in [3.8, 4) is 0 Å². The van der Waals surface area contributed by atoms with Gasteiger partial charge < -0.3 is 0 Å². The fraction of sp³-hybridized carbons (Fsp3) is 0.556. The Morgan fingerprint density at radius 3 is 2.77 bits per heavy atom. The van der Waals surface area contributed by atoms with Gasteiger partial charge >= 0.3 is 0 Å². The minimum absolute atomic E-state index is 0.0179. The van der Waals surface area contributed by atoms with Crippen LogP contribution < -0.4 is 0 Å². The molecule has 0 bridgehead atoms. The van der Waals surface area contributed by atoms with Crippen molar-refractivity contribution in [1.82, 2.24) is 10.2 Å². The predicted molar refractivity (Wildman–Crippen MR) is 57.4 cm³/mol. The smallest absolute Gasteiger partial charge is 0.120 e. The van der Waals surface area contributed by atoms with Crippen LogP contribution in [-0.4, -0.2) is 20.8 Å². The molecule has 1 heterocycles. The highest BCUT2D eigenvalue weighted by atomic mass is 35.5. The molecule has 0 spiro atoms. The van der Waals surface area contributed by atoms with Gasteiger partial charge in [0.25, 0.3) is 0 Å². The molecule has 1 aromatic rings. The van der Waals surface area contributed by atoms with Gasteiger partial charge in [0, 0.05) is 10.6 Å². The molecule has 13 heavy (non-hydrogen) atoms. The van der Waals surface area contributed by atoms with E-state index in [0.717, 1.165) is 10.6 Å². The van der Waals surface area contributed by atoms with E-state index in [1.54, 1.807) is 18.0 Å². The highest BCUT2D eigenvalue weighted by molar-refractivity contribution is 8.00. The van der Waals surface area contributed by atoms with Gasteiger partial charge in [-0.3, -0.25) is 0 Å². The quantitative estimate of drug-likeness (QED) is 0.574. The van der Waals surface area contributed by atoms with Crippen LogP contribution >= 0.6 is 23.4 Å². The Bertz CT molecular complexity index is 289. The van der Waals surface area contributed by atoms with E-state index in [2.05, 4.69) is 24.0 Å². The lowest BCUT2D eigenvalue weighted by Crippen LogP contribution is -2.16. The molecule has 0 aliphatic heterocycles. The molecular formula is C9H13ClN2S. The maximum Gasteiger partial charge on any atom is 0.120 e. The lowest BCUT2D eigenvalue weighted by Gasteiger charge is -2.19. The van der Waals surface area contributed by atoms with E-state index in [4.69, 9.17) is 11.6 Å². The summed E-state index contributed by atoms with van der Waals surface area (Å²) < 4.78 is 0.0179. The van der Waals surface area contributed by atoms with Crippen molar-refractivity contribution < 1.29 is 0 Å². The van der Waals surface area contributed by atoms with Crippen LogP contribution in [0.5, 0.6) is 0 Å². The Morgan fingerprint density at radius 2 is 2.23 bits per heavy atom. The average Bonchev–Trinajstić information content (AvgIpc) is 2.03. The Morgan fingerprint density at radius 1 is 1.54 bits per heavy atom. The lowest BCUT2D eigenvalue weighted by atomic mass is 10.2. The summed E-state index contributed by atoms with van der Waals surface area (Å²) in [6.45, 7) is 6.19. The Hall–Kier alpha value is -0.280. The summed E-state index contributed by atoms with van der Waals surface area (Å²) in [6, 6.07) is 2.02. The van der Waals surface area contributed by atoms with E-state index in [9.17, 15) is 0 Å². The number of hydrogen-bond acceptors (Lipinski definition) is 3. The summed E-state index contributed by atoms with van der Waals surface area (Å²) in [5.41, 5.74) is 1.13. The molecule has 1 rings (SSSR count). The van der Waals surface area contributed by atoms with Crippen LogP contribution in [-0.2, 0) is 0 Å². The van der Waals surface area contributed by atoms with Crippen LogP contribution in [0.25, 0.3) is 0 Å². The molecule has 0 aromatic carbocycles. The van der Waals surface area contributed by atoms with E-state index in [-0.39, 0.29) is 4.75 Å². The van der Waals surface area contributed by atoms with Crippen LogP contribution in [0.3, 0.4) is 0 Å². The van der Waals surface area contributed by atoms with Gasteiger partial charge in [-0.2, -0.15) is 5.10 Å². The predicted octanol–water partition coefficient (Wildman–Crippen LogP) is 2.89. The van der Waals surface area contributed by atoms with Crippen molar-refractivity contribution in [2.45, 2.75) is 30.5 Å². The number of alkyl halides is 1. The third-order valence-corrected chi connectivity index (χ3v) is 3.40. The first-order valence-electron chi connectivity index (χ1n) is 4.08. The van der Waals surface area contributed by atoms with Crippen molar-refractivity contribution in [2.75, 3.05) is 5.88 Å². The maximum absolute atomic E-state index is 5.81. The molecule has 2 nitrogen and oxygen atoms in total. The van der Waals surface area contributed by atoms with E-state index in [0.29, 0.717) is 5.88 Å². The zero-order valence-corrected chi connectivity index (χ0v) is 9.61. The van der Waals surface area contributed by atoms with Crippen molar-refractivity contribution >= 4 is 23.4 Å². The fourth-order valence-corrected chi connectivity index (χ4v) is 1.92. The fourth-order valence-electron chi connectivity index (χ4n) is 0.798. The molecule has 0 fully saturated rings. The third-order valence-electron chi connectivity index (χ3n) is 1.47. The molecule has 72 valence electrons. The molecule has 0 saturated carbocycles. The van der Waals surface area contributed by atoms with Gasteiger partial charge in [0.1, 0.15) is 5.03 Å². The summed E-state index contributed by atoms with van der Waals surface area (Å²) in [5.74, 6) is 0.604. The van der Waals surface area contributed by atoms with Gasteiger partial charge in [0.05, 0.1) is 6.20 Å². The highest BCUT2D eigenvalue weighted by Crippen LogP contribution is 2.31. The molecule has 0 aliphatic carbocycles. The average molecular weight is 217 g/mol. The molecule has 0 amide bonds. The number of nitrogens with zero attached hydrogens (tertiary/aromatic N) is 2. The first-order chi connectivity index (χ1) is 6.03. The zero-order valence-electron chi connectivity index (χ0n) is 8.04. The van der Waals surface area contributed by atoms with Crippen molar-refractivity contribution in [1.29, 1.82) is 0 Å². The minimum Gasteiger partial charge on any atom is -0.158 e. The number of aromatic nitrogens is 2. The number of halogens is 1. The summed E-state index contributed by atoms with van der Waals surface area (Å²) in [4.78, 5) is 0. The van der Waals surface area contributed by atoms with Gasteiger partial charge in [-0.1, -0.05) is 11.8 Å². The summed E-state index contributed by atoms with van der Waals surface area (Å²) in [6.07, 6.45) is 1.75. The summed E-state index contributed by atoms with van der Waals surface area (Å²) >= 11 is 7.47. The molecular weight excluding hydrogens is 204 g/mol. The molecule has 0 atom stereocenters. The molecule has 0 saturated heterocycles. The second kappa shape index (κ2) is 4.29. The second-order valence-electron chi connectivity index (χ2n) is 3.57. The van der Waals surface area contributed by atoms with Gasteiger partial charge in [0.2, 0.25) is 0 Å². The van der Waals surface area contributed by atoms with E-state index >= 15 is 0 Å². The number of thioether (sulfide) groups is 1. The molecule has 0 N–H and O–H groups in total. The molecule has 0 radical (unpaired) electrons. The largest absolute Gasteiger partial charge is 0.158 e. The topological polar surface area (TPSA) is 25.8 Å². The summed E-state index contributed by atoms with van der Waals surface area (Å²) in [7, 11) is 0. The normalized spacial score (nSPS) is 11.7. The monoisotopic (exact) mass is 216 g/mol. The van der Waals surface area contributed by atoms with Crippen molar-refractivity contribution in [3.63, 3.8) is 0 Å². The lowest BCUT2D eigenvalue weighted by molar-refractivity contribution is 0.800. The Kier molecular flexibility index (Phi) is 3.56. The van der Waals surface area contributed by atoms with Gasteiger partial charge in [-0.25, -0.2) is 0 Å². The Labute approximate surface area is 88.1 Å². The van der Waals surface area contributed by atoms with E-state index in [1.165, 1.54) is 0 Å². The number of aryl methyl sites for hydroxylation is 1. The third kappa shape index (κ3) is 3.53. The number of hydrogen-bond donors (Lipinski definition) is 0. The highest BCUT2D eigenvalue weighted by Gasteiger charge is 2.18. The van der Waals surface area contributed by atoms with Crippen LogP contribution in [0, 0.1) is 6.92 Å². The van der Waals surface area contributed by atoms with Gasteiger partial charge in [0.15, 0.2) is 0 Å².